The average molecular weight is 245 g/mol. The minimum absolute atomic E-state index is 0.645. The quantitative estimate of drug-likeness (QED) is 0.882. The zero-order valence-electron chi connectivity index (χ0n) is 11.2. The van der Waals surface area contributed by atoms with Crippen molar-refractivity contribution in [3.05, 3.63) is 29.3 Å². The number of nitrogens with one attached hydrogen (secondary N) is 1. The molecule has 1 aliphatic carbocycles. The van der Waals surface area contributed by atoms with Crippen LogP contribution in [0.25, 0.3) is 0 Å². The van der Waals surface area contributed by atoms with Crippen LogP contribution < -0.4 is 10.1 Å². The normalized spacial score (nSPS) is 26.7. The molecule has 2 aliphatic rings. The molecule has 2 unspecified atom stereocenters. The summed E-state index contributed by atoms with van der Waals surface area (Å²) in [5, 5.41) is 3.64. The van der Waals surface area contributed by atoms with Gasteiger partial charge in [-0.3, -0.25) is 0 Å². The van der Waals surface area contributed by atoms with E-state index < -0.39 is 0 Å². The van der Waals surface area contributed by atoms with E-state index in [0.29, 0.717) is 12.0 Å². The van der Waals surface area contributed by atoms with E-state index in [1.54, 1.807) is 0 Å². The van der Waals surface area contributed by atoms with Crippen molar-refractivity contribution in [1.29, 1.82) is 0 Å². The first-order valence-electron chi connectivity index (χ1n) is 7.38. The van der Waals surface area contributed by atoms with Gasteiger partial charge in [0.1, 0.15) is 5.75 Å². The Hall–Kier alpha value is -1.02. The molecule has 98 valence electrons. The van der Waals surface area contributed by atoms with E-state index in [1.165, 1.54) is 42.6 Å². The summed E-state index contributed by atoms with van der Waals surface area (Å²) in [5.41, 5.74) is 2.87. The van der Waals surface area contributed by atoms with Gasteiger partial charge in [0.25, 0.3) is 0 Å². The Kier molecular flexibility index (Phi) is 3.55. The van der Waals surface area contributed by atoms with Crippen LogP contribution in [0.3, 0.4) is 0 Å². The van der Waals surface area contributed by atoms with Crippen molar-refractivity contribution in [3.63, 3.8) is 0 Å². The highest BCUT2D eigenvalue weighted by molar-refractivity contribution is 5.45. The molecule has 1 aromatic carbocycles. The van der Waals surface area contributed by atoms with Crippen molar-refractivity contribution >= 4 is 0 Å². The number of likely N-dealkylation sites (N-methyl/N-ethyl adjacent to an activating group) is 1. The fourth-order valence-corrected chi connectivity index (χ4v) is 3.55. The molecule has 2 atom stereocenters. The molecule has 3 rings (SSSR count). The second kappa shape index (κ2) is 5.31. The van der Waals surface area contributed by atoms with Gasteiger partial charge in [-0.25, -0.2) is 0 Å². The molecule has 0 spiro atoms. The topological polar surface area (TPSA) is 21.3 Å². The lowest BCUT2D eigenvalue weighted by Gasteiger charge is -2.26. The van der Waals surface area contributed by atoms with E-state index in [0.717, 1.165) is 19.6 Å². The van der Waals surface area contributed by atoms with Gasteiger partial charge in [-0.15, -0.1) is 0 Å². The largest absolute Gasteiger partial charge is 0.493 e. The van der Waals surface area contributed by atoms with Crippen LogP contribution >= 0.6 is 0 Å². The molecule has 1 saturated carbocycles. The molecule has 0 radical (unpaired) electrons. The Morgan fingerprint density at radius 3 is 3.11 bits per heavy atom. The van der Waals surface area contributed by atoms with Crippen molar-refractivity contribution < 1.29 is 4.74 Å². The molecular formula is C16H23NO. The van der Waals surface area contributed by atoms with Crippen molar-refractivity contribution in [2.24, 2.45) is 0 Å². The summed E-state index contributed by atoms with van der Waals surface area (Å²) < 4.78 is 5.97. The SMILES string of the molecule is CCNC1CCCC1c1cccc2c1OCCC2. The minimum atomic E-state index is 0.645. The first-order valence-corrected chi connectivity index (χ1v) is 7.38. The van der Waals surface area contributed by atoms with Crippen molar-refractivity contribution in [3.8, 4) is 5.75 Å². The molecule has 1 heterocycles. The monoisotopic (exact) mass is 245 g/mol. The molecule has 0 bridgehead atoms. The number of fused-ring (bicyclic) bond motifs is 1. The smallest absolute Gasteiger partial charge is 0.126 e. The molecular weight excluding hydrogens is 222 g/mol. The van der Waals surface area contributed by atoms with Crippen LogP contribution in [0.4, 0.5) is 0 Å². The van der Waals surface area contributed by atoms with Gasteiger partial charge in [0.05, 0.1) is 6.61 Å². The van der Waals surface area contributed by atoms with Gasteiger partial charge in [0.2, 0.25) is 0 Å². The zero-order chi connectivity index (χ0) is 12.4. The number of ether oxygens (including phenoxy) is 1. The van der Waals surface area contributed by atoms with E-state index in [2.05, 4.69) is 30.4 Å². The van der Waals surface area contributed by atoms with Crippen LogP contribution in [0.1, 0.15) is 49.7 Å². The van der Waals surface area contributed by atoms with Gasteiger partial charge < -0.3 is 10.1 Å². The third kappa shape index (κ3) is 2.14. The lowest BCUT2D eigenvalue weighted by Crippen LogP contribution is -2.31. The number of benzene rings is 1. The first kappa shape index (κ1) is 12.0. The Balaban J connectivity index is 1.91. The summed E-state index contributed by atoms with van der Waals surface area (Å²) in [7, 11) is 0. The zero-order valence-corrected chi connectivity index (χ0v) is 11.2. The third-order valence-corrected chi connectivity index (χ3v) is 4.35. The standard InChI is InChI=1S/C16H23NO/c1-2-17-15-10-4-8-13(15)14-9-3-6-12-7-5-11-18-16(12)14/h3,6,9,13,15,17H,2,4-5,7-8,10-11H2,1H3. The summed E-state index contributed by atoms with van der Waals surface area (Å²) in [6, 6.07) is 7.37. The van der Waals surface area contributed by atoms with Crippen LogP contribution in [0, 0.1) is 0 Å². The number of para-hydroxylation sites is 1. The Morgan fingerprint density at radius 1 is 1.28 bits per heavy atom. The lowest BCUT2D eigenvalue weighted by atomic mass is 9.90. The molecule has 18 heavy (non-hydrogen) atoms. The van der Waals surface area contributed by atoms with Gasteiger partial charge in [0, 0.05) is 12.0 Å². The predicted molar refractivity (Wildman–Crippen MR) is 74.3 cm³/mol. The van der Waals surface area contributed by atoms with Crippen LogP contribution in [0.5, 0.6) is 5.75 Å². The third-order valence-electron chi connectivity index (χ3n) is 4.35. The van der Waals surface area contributed by atoms with E-state index >= 15 is 0 Å². The fourth-order valence-electron chi connectivity index (χ4n) is 3.55. The number of hydrogen-bond acceptors (Lipinski definition) is 2. The average Bonchev–Trinajstić information content (AvgIpc) is 2.87. The number of rotatable bonds is 3. The maximum atomic E-state index is 5.97. The van der Waals surface area contributed by atoms with E-state index in [9.17, 15) is 0 Å². The molecule has 2 nitrogen and oxygen atoms in total. The van der Waals surface area contributed by atoms with Crippen molar-refractivity contribution in [2.75, 3.05) is 13.2 Å². The van der Waals surface area contributed by atoms with Crippen molar-refractivity contribution in [1.82, 2.24) is 5.32 Å². The van der Waals surface area contributed by atoms with E-state index in [1.807, 2.05) is 0 Å². The van der Waals surface area contributed by atoms with Gasteiger partial charge in [-0.2, -0.15) is 0 Å². The second-order valence-corrected chi connectivity index (χ2v) is 5.49. The molecule has 0 saturated heterocycles. The first-order chi connectivity index (χ1) is 8.90. The van der Waals surface area contributed by atoms with Crippen LogP contribution in [0.15, 0.2) is 18.2 Å². The predicted octanol–water partition coefficient (Wildman–Crippen LogP) is 3.26. The van der Waals surface area contributed by atoms with Crippen molar-refractivity contribution in [2.45, 2.75) is 51.0 Å². The second-order valence-electron chi connectivity index (χ2n) is 5.49. The number of aryl methyl sites for hydroxylation is 1. The van der Waals surface area contributed by atoms with Gasteiger partial charge >= 0.3 is 0 Å². The molecule has 1 aromatic rings. The molecule has 1 N–H and O–H groups in total. The highest BCUT2D eigenvalue weighted by Crippen LogP contribution is 2.41. The molecule has 0 aromatic heterocycles. The maximum absolute atomic E-state index is 5.97. The van der Waals surface area contributed by atoms with Crippen LogP contribution in [-0.4, -0.2) is 19.2 Å². The maximum Gasteiger partial charge on any atom is 0.126 e. The lowest BCUT2D eigenvalue weighted by molar-refractivity contribution is 0.281. The van der Waals surface area contributed by atoms with Crippen LogP contribution in [-0.2, 0) is 6.42 Å². The summed E-state index contributed by atoms with van der Waals surface area (Å²) in [5.74, 6) is 1.86. The minimum Gasteiger partial charge on any atom is -0.493 e. The molecule has 1 fully saturated rings. The molecule has 1 aliphatic heterocycles. The summed E-state index contributed by atoms with van der Waals surface area (Å²) in [6.45, 7) is 4.16. The summed E-state index contributed by atoms with van der Waals surface area (Å²) >= 11 is 0. The van der Waals surface area contributed by atoms with Gasteiger partial charge in [-0.1, -0.05) is 31.5 Å². The molecule has 2 heteroatoms. The highest BCUT2D eigenvalue weighted by atomic mass is 16.5. The van der Waals surface area contributed by atoms with Crippen LogP contribution in [0.2, 0.25) is 0 Å². The molecule has 0 amide bonds. The Bertz CT molecular complexity index is 416. The van der Waals surface area contributed by atoms with Gasteiger partial charge in [-0.05, 0) is 43.4 Å². The Labute approximate surface area is 110 Å². The summed E-state index contributed by atoms with van der Waals surface area (Å²) in [6.07, 6.45) is 6.30. The number of hydrogen-bond donors (Lipinski definition) is 1. The Morgan fingerprint density at radius 2 is 2.22 bits per heavy atom. The summed E-state index contributed by atoms with van der Waals surface area (Å²) in [4.78, 5) is 0. The van der Waals surface area contributed by atoms with E-state index in [-0.39, 0.29) is 0 Å². The highest BCUT2D eigenvalue weighted by Gasteiger charge is 2.31. The van der Waals surface area contributed by atoms with E-state index in [4.69, 9.17) is 4.74 Å². The van der Waals surface area contributed by atoms with Gasteiger partial charge in [0.15, 0.2) is 0 Å². The fraction of sp³-hybridized carbons (Fsp3) is 0.625.